The molecule has 0 aromatic heterocycles. The summed E-state index contributed by atoms with van der Waals surface area (Å²) in [5.74, 6) is -2.24. The molecule has 0 fully saturated rings. The molecule has 0 spiro atoms. The highest BCUT2D eigenvalue weighted by atomic mass is 16.5. The molecule has 0 bridgehead atoms. The van der Waals surface area contributed by atoms with Crippen LogP contribution in [0.5, 0.6) is 0 Å². The van der Waals surface area contributed by atoms with Gasteiger partial charge in [-0.05, 0) is 33.6 Å². The number of amides is 1. The smallest absolute Gasteiger partial charge is 0.329 e. The summed E-state index contributed by atoms with van der Waals surface area (Å²) in [6.07, 6.45) is 0.530. The first-order valence-electron chi connectivity index (χ1n) is 6.80. The third-order valence-electron chi connectivity index (χ3n) is 3.95. The van der Waals surface area contributed by atoms with E-state index < -0.39 is 28.8 Å². The number of ether oxygens (including phenoxy) is 1. The van der Waals surface area contributed by atoms with Gasteiger partial charge < -0.3 is 14.7 Å². The first-order valence-corrected chi connectivity index (χ1v) is 6.80. The van der Waals surface area contributed by atoms with Gasteiger partial charge in [0.2, 0.25) is 5.91 Å². The van der Waals surface area contributed by atoms with E-state index in [1.165, 1.54) is 20.9 Å². The van der Waals surface area contributed by atoms with Gasteiger partial charge in [0.05, 0.1) is 6.61 Å². The summed E-state index contributed by atoms with van der Waals surface area (Å²) in [4.78, 5) is 37.2. The zero-order chi connectivity index (χ0) is 16.1. The summed E-state index contributed by atoms with van der Waals surface area (Å²) in [7, 11) is 1.40. The molecule has 0 aliphatic heterocycles. The van der Waals surface area contributed by atoms with Crippen LogP contribution in [-0.2, 0) is 19.1 Å². The van der Waals surface area contributed by atoms with Crippen LogP contribution in [0.2, 0.25) is 0 Å². The standard InChI is InChI=1S/C14H25NO5/c1-7-14(8-2,12(19)20-9-3)10(16)15(6)13(4,5)11(17)18/h7-9H2,1-6H3,(H,17,18). The van der Waals surface area contributed by atoms with Crippen LogP contribution >= 0.6 is 0 Å². The quantitative estimate of drug-likeness (QED) is 0.569. The van der Waals surface area contributed by atoms with Crippen LogP contribution in [0.1, 0.15) is 47.5 Å². The molecule has 0 aliphatic carbocycles. The van der Waals surface area contributed by atoms with Gasteiger partial charge in [-0.2, -0.15) is 0 Å². The number of esters is 1. The second kappa shape index (κ2) is 6.72. The molecule has 0 aromatic carbocycles. The van der Waals surface area contributed by atoms with Crippen molar-refractivity contribution in [1.29, 1.82) is 0 Å². The zero-order valence-corrected chi connectivity index (χ0v) is 13.1. The highest BCUT2D eigenvalue weighted by Crippen LogP contribution is 2.33. The van der Waals surface area contributed by atoms with Gasteiger partial charge in [-0.3, -0.25) is 9.59 Å². The predicted molar refractivity (Wildman–Crippen MR) is 74.1 cm³/mol. The number of hydrogen-bond acceptors (Lipinski definition) is 4. The number of carboxylic acid groups (broad SMARTS) is 1. The number of carbonyl (C=O) groups is 3. The Morgan fingerprint density at radius 1 is 1.10 bits per heavy atom. The molecule has 116 valence electrons. The number of carbonyl (C=O) groups excluding carboxylic acids is 2. The summed E-state index contributed by atoms with van der Waals surface area (Å²) in [6.45, 7) is 8.14. The molecule has 0 atom stereocenters. The Morgan fingerprint density at radius 2 is 1.55 bits per heavy atom. The Hall–Kier alpha value is -1.59. The van der Waals surface area contributed by atoms with E-state index in [9.17, 15) is 19.5 Å². The summed E-state index contributed by atoms with van der Waals surface area (Å²) >= 11 is 0. The molecular weight excluding hydrogens is 262 g/mol. The topological polar surface area (TPSA) is 83.9 Å². The van der Waals surface area contributed by atoms with E-state index in [0.717, 1.165) is 4.90 Å². The van der Waals surface area contributed by atoms with Gasteiger partial charge in [0.1, 0.15) is 11.0 Å². The predicted octanol–water partition coefficient (Wildman–Crippen LogP) is 1.68. The van der Waals surface area contributed by atoms with Crippen molar-refractivity contribution in [2.75, 3.05) is 13.7 Å². The lowest BCUT2D eigenvalue weighted by atomic mass is 9.80. The van der Waals surface area contributed by atoms with E-state index in [4.69, 9.17) is 4.74 Å². The van der Waals surface area contributed by atoms with E-state index in [1.54, 1.807) is 20.8 Å². The van der Waals surface area contributed by atoms with Crippen LogP contribution < -0.4 is 0 Å². The molecule has 0 radical (unpaired) electrons. The Labute approximate surface area is 120 Å². The molecule has 0 unspecified atom stereocenters. The minimum absolute atomic E-state index is 0.180. The van der Waals surface area contributed by atoms with Gasteiger partial charge in [-0.25, -0.2) is 4.79 Å². The highest BCUT2D eigenvalue weighted by molar-refractivity contribution is 6.04. The lowest BCUT2D eigenvalue weighted by molar-refractivity contribution is -0.171. The van der Waals surface area contributed by atoms with E-state index >= 15 is 0 Å². The van der Waals surface area contributed by atoms with Crippen molar-refractivity contribution in [2.24, 2.45) is 5.41 Å². The maximum Gasteiger partial charge on any atom is 0.329 e. The summed E-state index contributed by atoms with van der Waals surface area (Å²) < 4.78 is 5.00. The number of nitrogens with zero attached hydrogens (tertiary/aromatic N) is 1. The Morgan fingerprint density at radius 3 is 1.85 bits per heavy atom. The first kappa shape index (κ1) is 18.4. The number of hydrogen-bond donors (Lipinski definition) is 1. The van der Waals surface area contributed by atoms with Crippen molar-refractivity contribution >= 4 is 17.8 Å². The van der Waals surface area contributed by atoms with Crippen LogP contribution in [0.15, 0.2) is 0 Å². The van der Waals surface area contributed by atoms with Gasteiger partial charge in [0, 0.05) is 7.05 Å². The molecule has 0 rings (SSSR count). The van der Waals surface area contributed by atoms with Gasteiger partial charge in [0.25, 0.3) is 0 Å². The van der Waals surface area contributed by atoms with Crippen LogP contribution in [-0.4, -0.2) is 47.0 Å². The molecule has 0 heterocycles. The molecular formula is C14H25NO5. The van der Waals surface area contributed by atoms with Gasteiger partial charge in [-0.15, -0.1) is 0 Å². The van der Waals surface area contributed by atoms with Crippen LogP contribution in [0.4, 0.5) is 0 Å². The Kier molecular flexibility index (Phi) is 6.19. The Balaban J connectivity index is 5.58. The molecule has 1 N–H and O–H groups in total. The first-order chi connectivity index (χ1) is 9.11. The lowest BCUT2D eigenvalue weighted by Crippen LogP contribution is -2.57. The molecule has 20 heavy (non-hydrogen) atoms. The van der Waals surface area contributed by atoms with E-state index in [1.807, 2.05) is 0 Å². The normalized spacial score (nSPS) is 11.9. The van der Waals surface area contributed by atoms with Gasteiger partial charge in [0.15, 0.2) is 0 Å². The van der Waals surface area contributed by atoms with Gasteiger partial charge >= 0.3 is 11.9 Å². The summed E-state index contributed by atoms with van der Waals surface area (Å²) in [5.41, 5.74) is -2.71. The van der Waals surface area contributed by atoms with E-state index in [2.05, 4.69) is 0 Å². The molecule has 1 amide bonds. The number of aliphatic carboxylic acids is 1. The zero-order valence-electron chi connectivity index (χ0n) is 13.1. The van der Waals surface area contributed by atoms with Gasteiger partial charge in [-0.1, -0.05) is 13.8 Å². The fourth-order valence-electron chi connectivity index (χ4n) is 1.92. The van der Waals surface area contributed by atoms with E-state index in [-0.39, 0.29) is 19.4 Å². The Bertz CT molecular complexity index is 385. The van der Waals surface area contributed by atoms with E-state index in [0.29, 0.717) is 0 Å². The van der Waals surface area contributed by atoms with Crippen molar-refractivity contribution in [1.82, 2.24) is 4.90 Å². The molecule has 0 saturated heterocycles. The fraction of sp³-hybridized carbons (Fsp3) is 0.786. The third-order valence-corrected chi connectivity index (χ3v) is 3.95. The van der Waals surface area contributed by atoms with Crippen molar-refractivity contribution < 1.29 is 24.2 Å². The highest BCUT2D eigenvalue weighted by Gasteiger charge is 2.49. The van der Waals surface area contributed by atoms with Crippen molar-refractivity contribution in [3.63, 3.8) is 0 Å². The maximum atomic E-state index is 12.7. The van der Waals surface area contributed by atoms with Crippen molar-refractivity contribution in [3.05, 3.63) is 0 Å². The molecule has 6 heteroatoms. The number of rotatable bonds is 7. The fourth-order valence-corrected chi connectivity index (χ4v) is 1.92. The minimum Gasteiger partial charge on any atom is -0.480 e. The second-order valence-corrected chi connectivity index (χ2v) is 5.24. The van der Waals surface area contributed by atoms with Crippen molar-refractivity contribution in [2.45, 2.75) is 53.0 Å². The van der Waals surface area contributed by atoms with Crippen LogP contribution in [0, 0.1) is 5.41 Å². The molecule has 0 aromatic rings. The maximum absolute atomic E-state index is 12.7. The second-order valence-electron chi connectivity index (χ2n) is 5.24. The SMILES string of the molecule is CCOC(=O)C(CC)(CC)C(=O)N(C)C(C)(C)C(=O)O. The molecule has 0 saturated carbocycles. The van der Waals surface area contributed by atoms with Crippen LogP contribution in [0.3, 0.4) is 0 Å². The number of carboxylic acids is 1. The summed E-state index contributed by atoms with van der Waals surface area (Å²) in [6, 6.07) is 0. The average Bonchev–Trinajstić information content (AvgIpc) is 2.39. The largest absolute Gasteiger partial charge is 0.480 e. The lowest BCUT2D eigenvalue weighted by Gasteiger charge is -2.38. The number of likely N-dealkylation sites (N-methyl/N-ethyl adjacent to an activating group) is 1. The molecule has 6 nitrogen and oxygen atoms in total. The van der Waals surface area contributed by atoms with Crippen LogP contribution in [0.25, 0.3) is 0 Å². The average molecular weight is 287 g/mol. The molecule has 0 aliphatic rings. The minimum atomic E-state index is -1.39. The summed E-state index contributed by atoms with van der Waals surface area (Å²) in [5, 5.41) is 9.20. The third kappa shape index (κ3) is 3.11. The monoisotopic (exact) mass is 287 g/mol. The van der Waals surface area contributed by atoms with Crippen molar-refractivity contribution in [3.8, 4) is 0 Å².